The van der Waals surface area contributed by atoms with Crippen molar-refractivity contribution in [2.45, 2.75) is 26.3 Å². The third kappa shape index (κ3) is 2.91. The minimum Gasteiger partial charge on any atom is -0.361 e. The Labute approximate surface area is 118 Å². The lowest BCUT2D eigenvalue weighted by Gasteiger charge is -2.05. The molecule has 0 unspecified atom stereocenters. The molecule has 2 aromatic heterocycles. The third-order valence-corrected chi connectivity index (χ3v) is 3.68. The van der Waals surface area contributed by atoms with Gasteiger partial charge in [0.25, 0.3) is 0 Å². The van der Waals surface area contributed by atoms with Crippen LogP contribution in [0.1, 0.15) is 23.2 Å². The Balaban J connectivity index is 1.44. The molecule has 0 saturated heterocycles. The highest BCUT2D eigenvalue weighted by atomic mass is 15.1. The molecule has 0 aliphatic heterocycles. The minimum absolute atomic E-state index is 0.916. The maximum Gasteiger partial charge on any atom is 0.0522 e. The lowest BCUT2D eigenvalue weighted by atomic mass is 10.1. The van der Waals surface area contributed by atoms with E-state index in [4.69, 9.17) is 0 Å². The topological polar surface area (TPSA) is 56.5 Å². The van der Waals surface area contributed by atoms with Gasteiger partial charge in [0.1, 0.15) is 0 Å². The summed E-state index contributed by atoms with van der Waals surface area (Å²) in [6.07, 6.45) is 6.11. The molecule has 0 spiro atoms. The van der Waals surface area contributed by atoms with Crippen molar-refractivity contribution in [3.05, 3.63) is 53.5 Å². The van der Waals surface area contributed by atoms with Gasteiger partial charge in [-0.25, -0.2) is 0 Å². The number of rotatable bonds is 6. The van der Waals surface area contributed by atoms with E-state index < -0.39 is 0 Å². The van der Waals surface area contributed by atoms with Crippen molar-refractivity contribution in [2.24, 2.45) is 0 Å². The highest BCUT2D eigenvalue weighted by Crippen LogP contribution is 2.14. The SMILES string of the molecule is Cc1[nH]ncc1CCCNCc1ccc2cc[nH]c2c1. The summed E-state index contributed by atoms with van der Waals surface area (Å²) in [6, 6.07) is 8.66. The zero-order valence-electron chi connectivity index (χ0n) is 11.7. The molecule has 4 nitrogen and oxygen atoms in total. The Kier molecular flexibility index (Phi) is 3.83. The molecule has 0 aliphatic rings. The quantitative estimate of drug-likeness (QED) is 0.602. The largest absolute Gasteiger partial charge is 0.361 e. The predicted octanol–water partition coefficient (Wildman–Crippen LogP) is 2.92. The average Bonchev–Trinajstić information content (AvgIpc) is 3.07. The number of nitrogens with zero attached hydrogens (tertiary/aromatic N) is 1. The van der Waals surface area contributed by atoms with E-state index in [-0.39, 0.29) is 0 Å². The Hall–Kier alpha value is -2.07. The van der Waals surface area contributed by atoms with Crippen LogP contribution >= 0.6 is 0 Å². The van der Waals surface area contributed by atoms with E-state index >= 15 is 0 Å². The normalized spacial score (nSPS) is 11.2. The summed E-state index contributed by atoms with van der Waals surface area (Å²) in [5, 5.41) is 11.8. The number of nitrogens with one attached hydrogen (secondary N) is 3. The number of H-pyrrole nitrogens is 2. The number of hydrogen-bond donors (Lipinski definition) is 3. The molecule has 3 rings (SSSR count). The monoisotopic (exact) mass is 268 g/mol. The van der Waals surface area contributed by atoms with E-state index in [1.807, 2.05) is 12.4 Å². The van der Waals surface area contributed by atoms with Gasteiger partial charge in [0.15, 0.2) is 0 Å². The second kappa shape index (κ2) is 5.92. The van der Waals surface area contributed by atoms with Gasteiger partial charge in [0.05, 0.1) is 6.20 Å². The van der Waals surface area contributed by atoms with E-state index in [2.05, 4.69) is 51.7 Å². The van der Waals surface area contributed by atoms with Crippen molar-refractivity contribution >= 4 is 10.9 Å². The van der Waals surface area contributed by atoms with Crippen molar-refractivity contribution in [1.29, 1.82) is 0 Å². The lowest BCUT2D eigenvalue weighted by molar-refractivity contribution is 0.649. The fourth-order valence-corrected chi connectivity index (χ4v) is 2.47. The van der Waals surface area contributed by atoms with Crippen molar-refractivity contribution in [3.63, 3.8) is 0 Å². The highest BCUT2D eigenvalue weighted by Gasteiger charge is 2.00. The predicted molar refractivity (Wildman–Crippen MR) is 81.7 cm³/mol. The molecule has 3 aromatic rings. The number of hydrogen-bond acceptors (Lipinski definition) is 2. The summed E-state index contributed by atoms with van der Waals surface area (Å²) >= 11 is 0. The average molecular weight is 268 g/mol. The number of aryl methyl sites for hydroxylation is 2. The van der Waals surface area contributed by atoms with Gasteiger partial charge in [0.2, 0.25) is 0 Å². The summed E-state index contributed by atoms with van der Waals surface area (Å²) in [5.74, 6) is 0. The standard InChI is InChI=1S/C16H20N4/c1-12-15(11-19-20-12)3-2-7-17-10-13-4-5-14-6-8-18-16(14)9-13/h4-6,8-9,11,17-18H,2-3,7,10H2,1H3,(H,19,20). The van der Waals surface area contributed by atoms with Gasteiger partial charge in [-0.05, 0) is 55.0 Å². The summed E-state index contributed by atoms with van der Waals surface area (Å²) in [6.45, 7) is 4.01. The zero-order chi connectivity index (χ0) is 13.8. The number of aromatic amines is 2. The molecule has 4 heteroatoms. The molecule has 0 aliphatic carbocycles. The van der Waals surface area contributed by atoms with E-state index in [1.165, 1.54) is 27.7 Å². The Morgan fingerprint density at radius 2 is 2.20 bits per heavy atom. The number of benzene rings is 1. The van der Waals surface area contributed by atoms with Crippen LogP contribution < -0.4 is 5.32 Å². The van der Waals surface area contributed by atoms with Crippen molar-refractivity contribution < 1.29 is 0 Å². The smallest absolute Gasteiger partial charge is 0.0522 e. The van der Waals surface area contributed by atoms with Crippen LogP contribution in [0.15, 0.2) is 36.7 Å². The van der Waals surface area contributed by atoms with E-state index in [0.29, 0.717) is 0 Å². The second-order valence-electron chi connectivity index (χ2n) is 5.20. The molecular weight excluding hydrogens is 248 g/mol. The molecule has 2 heterocycles. The first-order valence-electron chi connectivity index (χ1n) is 7.08. The van der Waals surface area contributed by atoms with Gasteiger partial charge in [-0.2, -0.15) is 5.10 Å². The van der Waals surface area contributed by atoms with E-state index in [1.54, 1.807) is 0 Å². The number of fused-ring (bicyclic) bond motifs is 1. The summed E-state index contributed by atoms with van der Waals surface area (Å²) in [4.78, 5) is 3.25. The molecule has 0 amide bonds. The van der Waals surface area contributed by atoms with Crippen LogP contribution in [0.4, 0.5) is 0 Å². The molecule has 0 fully saturated rings. The first-order valence-corrected chi connectivity index (χ1v) is 7.08. The molecule has 0 saturated carbocycles. The Morgan fingerprint density at radius 1 is 1.25 bits per heavy atom. The van der Waals surface area contributed by atoms with Crippen LogP contribution in [-0.2, 0) is 13.0 Å². The molecule has 0 atom stereocenters. The summed E-state index contributed by atoms with van der Waals surface area (Å²) in [7, 11) is 0. The first kappa shape index (κ1) is 12.9. The summed E-state index contributed by atoms with van der Waals surface area (Å²) in [5.41, 5.74) is 5.03. The van der Waals surface area contributed by atoms with Crippen molar-refractivity contribution in [2.75, 3.05) is 6.54 Å². The molecule has 0 bridgehead atoms. The molecule has 20 heavy (non-hydrogen) atoms. The minimum atomic E-state index is 0.916. The Bertz CT molecular complexity index is 680. The molecule has 3 N–H and O–H groups in total. The van der Waals surface area contributed by atoms with Gasteiger partial charge >= 0.3 is 0 Å². The van der Waals surface area contributed by atoms with Crippen LogP contribution in [0.2, 0.25) is 0 Å². The maximum atomic E-state index is 4.04. The molecule has 1 aromatic carbocycles. The highest BCUT2D eigenvalue weighted by molar-refractivity contribution is 5.79. The van der Waals surface area contributed by atoms with Crippen molar-refractivity contribution in [3.8, 4) is 0 Å². The zero-order valence-corrected chi connectivity index (χ0v) is 11.7. The van der Waals surface area contributed by atoms with Gasteiger partial charge in [-0.3, -0.25) is 5.10 Å². The van der Waals surface area contributed by atoms with E-state index in [9.17, 15) is 0 Å². The van der Waals surface area contributed by atoms with Gasteiger partial charge in [-0.1, -0.05) is 12.1 Å². The van der Waals surface area contributed by atoms with Crippen LogP contribution in [0.3, 0.4) is 0 Å². The van der Waals surface area contributed by atoms with Crippen molar-refractivity contribution in [1.82, 2.24) is 20.5 Å². The van der Waals surface area contributed by atoms with Gasteiger partial charge in [0, 0.05) is 24.0 Å². The maximum absolute atomic E-state index is 4.04. The summed E-state index contributed by atoms with van der Waals surface area (Å²) < 4.78 is 0. The molecular formula is C16H20N4. The molecule has 104 valence electrons. The van der Waals surface area contributed by atoms with Crippen LogP contribution in [-0.4, -0.2) is 21.7 Å². The van der Waals surface area contributed by atoms with Gasteiger partial charge < -0.3 is 10.3 Å². The first-order chi connectivity index (χ1) is 9.83. The fourth-order valence-electron chi connectivity index (χ4n) is 2.47. The second-order valence-corrected chi connectivity index (χ2v) is 5.20. The lowest BCUT2D eigenvalue weighted by Crippen LogP contribution is -2.15. The van der Waals surface area contributed by atoms with Gasteiger partial charge in [-0.15, -0.1) is 0 Å². The Morgan fingerprint density at radius 3 is 3.05 bits per heavy atom. The third-order valence-electron chi connectivity index (χ3n) is 3.68. The van der Waals surface area contributed by atoms with Crippen LogP contribution in [0.5, 0.6) is 0 Å². The molecule has 0 radical (unpaired) electrons. The van der Waals surface area contributed by atoms with E-state index in [0.717, 1.165) is 25.9 Å². The number of aromatic nitrogens is 3. The van der Waals surface area contributed by atoms with Crippen LogP contribution in [0, 0.1) is 6.92 Å². The fraction of sp³-hybridized carbons (Fsp3) is 0.312. The van der Waals surface area contributed by atoms with Crippen LogP contribution in [0.25, 0.3) is 10.9 Å².